The van der Waals surface area contributed by atoms with Gasteiger partial charge in [-0.3, -0.25) is 4.79 Å². The molecule has 3 aliphatic carbocycles. The number of amidine groups is 4. The van der Waals surface area contributed by atoms with Crippen molar-refractivity contribution < 1.29 is 4.79 Å². The normalized spacial score (nSPS) is 25.0. The van der Waals surface area contributed by atoms with Crippen molar-refractivity contribution in [2.75, 3.05) is 10.6 Å². The van der Waals surface area contributed by atoms with Crippen LogP contribution in [0.5, 0.6) is 0 Å². The zero-order valence-corrected chi connectivity index (χ0v) is 16.2. The van der Waals surface area contributed by atoms with Crippen molar-refractivity contribution in [1.29, 1.82) is 0 Å². The molecule has 2 aromatic heterocycles. The number of carbonyl (C=O) groups excluding carboxylic acids is 1. The van der Waals surface area contributed by atoms with Gasteiger partial charge in [0.2, 0.25) is 0 Å². The molecule has 4 N–H and O–H groups in total. The largest absolute Gasteiger partial charge is 0.328 e. The second-order valence-corrected chi connectivity index (χ2v) is 7.93. The summed E-state index contributed by atoms with van der Waals surface area (Å²) in [6.07, 6.45) is 8.23. The SMILES string of the molecule is O=C1CC2C=C[C@H]1C1=C2C2=Nc3ccc([nH]3)Nc3ccc([nH]3)NC3=NC(=NC1=N2)C=C3. The Bertz CT molecular complexity index is 1390. The number of nitrogens with zero attached hydrogens (tertiary/aromatic N) is 4. The molecule has 0 saturated carbocycles. The van der Waals surface area contributed by atoms with Gasteiger partial charge in [-0.25, -0.2) is 20.0 Å². The number of H-pyrrole nitrogens is 2. The van der Waals surface area contributed by atoms with Gasteiger partial charge in [0.05, 0.1) is 5.92 Å². The lowest BCUT2D eigenvalue weighted by Crippen LogP contribution is -2.32. The van der Waals surface area contributed by atoms with E-state index in [0.717, 1.165) is 28.6 Å². The number of hydrogen-bond donors (Lipinski definition) is 4. The van der Waals surface area contributed by atoms with Gasteiger partial charge in [-0.1, -0.05) is 12.2 Å². The van der Waals surface area contributed by atoms with Gasteiger partial charge in [0.15, 0.2) is 17.5 Å². The monoisotopic (exact) mass is 408 g/mol. The number of fused-ring (bicyclic) bond motifs is 7. The molecule has 0 amide bonds. The number of aromatic nitrogens is 2. The topological polar surface area (TPSA) is 122 Å². The van der Waals surface area contributed by atoms with Crippen molar-refractivity contribution in [3.8, 4) is 0 Å². The molecule has 10 bridgehead atoms. The first-order chi connectivity index (χ1) is 15.2. The minimum Gasteiger partial charge on any atom is -0.328 e. The molecule has 1 unspecified atom stereocenters. The number of rotatable bonds is 0. The average molecular weight is 408 g/mol. The molecule has 31 heavy (non-hydrogen) atoms. The van der Waals surface area contributed by atoms with E-state index in [0.29, 0.717) is 35.6 Å². The molecular formula is C22H16N8O. The van der Waals surface area contributed by atoms with Crippen LogP contribution in [0.1, 0.15) is 6.42 Å². The summed E-state index contributed by atoms with van der Waals surface area (Å²) in [7, 11) is 0. The van der Waals surface area contributed by atoms with Crippen LogP contribution in [0.25, 0.3) is 0 Å². The van der Waals surface area contributed by atoms with Gasteiger partial charge < -0.3 is 20.6 Å². The maximum Gasteiger partial charge on any atom is 0.161 e. The van der Waals surface area contributed by atoms with E-state index >= 15 is 0 Å². The number of hydrogen-bond acceptors (Lipinski definition) is 7. The van der Waals surface area contributed by atoms with Crippen molar-refractivity contribution in [2.24, 2.45) is 31.8 Å². The van der Waals surface area contributed by atoms with Crippen molar-refractivity contribution in [3.05, 3.63) is 59.7 Å². The third-order valence-corrected chi connectivity index (χ3v) is 5.93. The minimum absolute atomic E-state index is 0.0146. The summed E-state index contributed by atoms with van der Waals surface area (Å²) in [5, 5.41) is 6.54. The van der Waals surface area contributed by atoms with E-state index < -0.39 is 0 Å². The Morgan fingerprint density at radius 3 is 2.48 bits per heavy atom. The second-order valence-electron chi connectivity index (χ2n) is 7.93. The van der Waals surface area contributed by atoms with Gasteiger partial charge in [-0.15, -0.1) is 0 Å². The molecule has 0 spiro atoms. The number of ketones is 1. The summed E-state index contributed by atoms with van der Waals surface area (Å²) in [4.78, 5) is 37.9. The molecule has 9 heteroatoms. The Labute approximate surface area is 176 Å². The zero-order valence-electron chi connectivity index (χ0n) is 16.2. The molecule has 0 radical (unpaired) electrons. The lowest BCUT2D eigenvalue weighted by Gasteiger charge is -2.31. The second kappa shape index (κ2) is 5.88. The Morgan fingerprint density at radius 2 is 1.58 bits per heavy atom. The molecule has 6 aliphatic rings. The van der Waals surface area contributed by atoms with Crippen LogP contribution >= 0.6 is 0 Å². The van der Waals surface area contributed by atoms with Crippen LogP contribution in [0.15, 0.2) is 79.7 Å². The average Bonchev–Trinajstić information content (AvgIpc) is 3.53. The van der Waals surface area contributed by atoms with Crippen LogP contribution in [0.2, 0.25) is 0 Å². The molecule has 8 rings (SSSR count). The van der Waals surface area contributed by atoms with Crippen LogP contribution in [-0.4, -0.2) is 39.1 Å². The molecule has 2 atom stereocenters. The zero-order chi connectivity index (χ0) is 20.5. The number of nitrogens with one attached hydrogen (secondary N) is 4. The summed E-state index contributed by atoms with van der Waals surface area (Å²) < 4.78 is 0. The fraction of sp³-hybridized carbons (Fsp3) is 0.136. The maximum absolute atomic E-state index is 12.6. The van der Waals surface area contributed by atoms with Crippen LogP contribution in [0, 0.1) is 11.8 Å². The molecule has 150 valence electrons. The minimum atomic E-state index is -0.317. The number of anilines is 3. The Hall–Kier alpha value is -4.27. The van der Waals surface area contributed by atoms with E-state index in [4.69, 9.17) is 15.0 Å². The number of allylic oxidation sites excluding steroid dienone is 2. The highest BCUT2D eigenvalue weighted by molar-refractivity contribution is 6.29. The van der Waals surface area contributed by atoms with Crippen molar-refractivity contribution in [1.82, 2.24) is 9.97 Å². The quantitative estimate of drug-likeness (QED) is 0.500. The number of aromatic amines is 2. The lowest BCUT2D eigenvalue weighted by molar-refractivity contribution is -0.121. The Kier molecular flexibility index (Phi) is 3.13. The fourth-order valence-corrected chi connectivity index (χ4v) is 4.58. The van der Waals surface area contributed by atoms with Crippen LogP contribution in [-0.2, 0) is 4.79 Å². The standard InChI is InChI=1S/C22H16N8O/c31-12-9-10-1-2-11(12)20-19(10)21-28-17-7-5-15(26-17)24-13-3-4-14(23-13)25-16-6-8-18(27-16)29-22(20)30-21/h1-8,10-11,23-24,26H,9H2,(H,25,27,28,29,30)/t10?,11-/m1/s1. The summed E-state index contributed by atoms with van der Waals surface area (Å²) >= 11 is 0. The van der Waals surface area contributed by atoms with Gasteiger partial charge in [0, 0.05) is 23.5 Å². The molecule has 0 fully saturated rings. The number of Topliss-reactive ketones (excluding diaryl/α,β-unsaturated/α-hetero) is 1. The Balaban J connectivity index is 1.41. The van der Waals surface area contributed by atoms with Gasteiger partial charge in [0.1, 0.15) is 34.9 Å². The summed E-state index contributed by atoms with van der Waals surface area (Å²) in [5.74, 6) is 5.30. The van der Waals surface area contributed by atoms with Crippen molar-refractivity contribution >= 4 is 52.4 Å². The fourth-order valence-electron chi connectivity index (χ4n) is 4.58. The molecule has 0 saturated heterocycles. The molecular weight excluding hydrogens is 392 g/mol. The maximum atomic E-state index is 12.6. The van der Waals surface area contributed by atoms with E-state index in [9.17, 15) is 4.79 Å². The van der Waals surface area contributed by atoms with E-state index in [2.05, 4.69) is 31.7 Å². The molecule has 2 aromatic rings. The van der Waals surface area contributed by atoms with Crippen LogP contribution in [0.4, 0.5) is 23.3 Å². The van der Waals surface area contributed by atoms with Crippen LogP contribution < -0.4 is 10.6 Å². The van der Waals surface area contributed by atoms with Crippen LogP contribution in [0.3, 0.4) is 0 Å². The van der Waals surface area contributed by atoms with E-state index in [1.54, 1.807) is 0 Å². The predicted molar refractivity (Wildman–Crippen MR) is 120 cm³/mol. The molecule has 9 nitrogen and oxygen atoms in total. The van der Waals surface area contributed by atoms with Gasteiger partial charge in [-0.2, -0.15) is 0 Å². The summed E-state index contributed by atoms with van der Waals surface area (Å²) in [6, 6.07) is 7.68. The van der Waals surface area contributed by atoms with E-state index in [1.807, 2.05) is 42.5 Å². The van der Waals surface area contributed by atoms with Crippen molar-refractivity contribution in [3.63, 3.8) is 0 Å². The highest BCUT2D eigenvalue weighted by Gasteiger charge is 2.44. The first-order valence-corrected chi connectivity index (χ1v) is 10.1. The lowest BCUT2D eigenvalue weighted by atomic mass is 9.71. The third kappa shape index (κ3) is 2.53. The molecule has 3 aliphatic heterocycles. The first kappa shape index (κ1) is 16.5. The molecule has 0 aromatic carbocycles. The Morgan fingerprint density at radius 1 is 0.774 bits per heavy atom. The highest BCUT2D eigenvalue weighted by atomic mass is 16.1. The number of aliphatic imine (C=N–C) groups is 4. The smallest absolute Gasteiger partial charge is 0.161 e. The van der Waals surface area contributed by atoms with Crippen molar-refractivity contribution in [2.45, 2.75) is 6.42 Å². The summed E-state index contributed by atoms with van der Waals surface area (Å²) in [6.45, 7) is 0. The van der Waals surface area contributed by atoms with Gasteiger partial charge >= 0.3 is 0 Å². The molecule has 5 heterocycles. The first-order valence-electron chi connectivity index (χ1n) is 10.1. The highest BCUT2D eigenvalue weighted by Crippen LogP contribution is 2.44. The van der Waals surface area contributed by atoms with E-state index in [1.165, 1.54) is 0 Å². The number of carbonyl (C=O) groups is 1. The van der Waals surface area contributed by atoms with E-state index in [-0.39, 0.29) is 17.6 Å². The predicted octanol–water partition coefficient (Wildman–Crippen LogP) is 3.39. The third-order valence-electron chi connectivity index (χ3n) is 5.93. The van der Waals surface area contributed by atoms with Gasteiger partial charge in [-0.05, 0) is 36.4 Å². The van der Waals surface area contributed by atoms with Gasteiger partial charge in [0.25, 0.3) is 0 Å². The summed E-state index contributed by atoms with van der Waals surface area (Å²) in [5.41, 5.74) is 1.86.